The molecule has 5 nitrogen and oxygen atoms in total. The third-order valence-corrected chi connectivity index (χ3v) is 3.49. The fourth-order valence-electron chi connectivity index (χ4n) is 2.40. The standard InChI is InChI=1S/C13H18N2O3/c1-13(12(17)14-2)5-6-15(9-13)8-10(16)11-4-3-7-18-11/h3-4,7H,5-6,8-9H2,1-2H3,(H,14,17). The first-order valence-electron chi connectivity index (χ1n) is 6.06. The molecule has 0 spiro atoms. The summed E-state index contributed by atoms with van der Waals surface area (Å²) < 4.78 is 5.07. The highest BCUT2D eigenvalue weighted by Crippen LogP contribution is 2.29. The minimum absolute atomic E-state index is 0.0375. The molecule has 1 aliphatic rings. The Morgan fingerprint density at radius 2 is 2.33 bits per heavy atom. The van der Waals surface area contributed by atoms with E-state index in [0.29, 0.717) is 18.8 Å². The van der Waals surface area contributed by atoms with E-state index in [-0.39, 0.29) is 11.7 Å². The smallest absolute Gasteiger partial charge is 0.227 e. The summed E-state index contributed by atoms with van der Waals surface area (Å²) >= 11 is 0. The third kappa shape index (κ3) is 2.46. The largest absolute Gasteiger partial charge is 0.461 e. The van der Waals surface area contributed by atoms with Crippen LogP contribution in [0.5, 0.6) is 0 Å². The Kier molecular flexibility index (Phi) is 3.52. The van der Waals surface area contributed by atoms with Gasteiger partial charge in [-0.3, -0.25) is 14.5 Å². The predicted molar refractivity (Wildman–Crippen MR) is 66.3 cm³/mol. The van der Waals surface area contributed by atoms with Crippen LogP contribution in [0.4, 0.5) is 0 Å². The maximum Gasteiger partial charge on any atom is 0.227 e. The van der Waals surface area contributed by atoms with Gasteiger partial charge in [0.2, 0.25) is 11.7 Å². The maximum absolute atomic E-state index is 11.9. The zero-order valence-corrected chi connectivity index (χ0v) is 10.7. The second kappa shape index (κ2) is 4.94. The highest BCUT2D eigenvalue weighted by atomic mass is 16.3. The zero-order valence-electron chi connectivity index (χ0n) is 10.7. The molecule has 0 aromatic carbocycles. The molecule has 0 radical (unpaired) electrons. The van der Waals surface area contributed by atoms with Gasteiger partial charge < -0.3 is 9.73 Å². The van der Waals surface area contributed by atoms with Gasteiger partial charge in [-0.2, -0.15) is 0 Å². The van der Waals surface area contributed by atoms with Gasteiger partial charge in [-0.1, -0.05) is 0 Å². The Labute approximate surface area is 106 Å². The minimum Gasteiger partial charge on any atom is -0.461 e. The van der Waals surface area contributed by atoms with Crippen LogP contribution >= 0.6 is 0 Å². The van der Waals surface area contributed by atoms with Gasteiger partial charge in [0.25, 0.3) is 0 Å². The van der Waals surface area contributed by atoms with Crippen molar-refractivity contribution in [3.63, 3.8) is 0 Å². The summed E-state index contributed by atoms with van der Waals surface area (Å²) in [5.41, 5.74) is -0.391. The molecule has 1 aromatic rings. The predicted octanol–water partition coefficient (Wildman–Crippen LogP) is 0.920. The highest BCUT2D eigenvalue weighted by Gasteiger charge is 2.40. The monoisotopic (exact) mass is 250 g/mol. The number of likely N-dealkylation sites (tertiary alicyclic amines) is 1. The molecule has 0 aliphatic carbocycles. The first-order chi connectivity index (χ1) is 8.55. The molecule has 1 N–H and O–H groups in total. The molecule has 18 heavy (non-hydrogen) atoms. The van der Waals surface area contributed by atoms with Crippen molar-refractivity contribution >= 4 is 11.7 Å². The number of carbonyl (C=O) groups excluding carboxylic acids is 2. The molecule has 5 heteroatoms. The average molecular weight is 250 g/mol. The van der Waals surface area contributed by atoms with Crippen molar-refractivity contribution in [1.82, 2.24) is 10.2 Å². The van der Waals surface area contributed by atoms with Crippen LogP contribution in [0.15, 0.2) is 22.8 Å². The quantitative estimate of drug-likeness (QED) is 0.807. The molecule has 1 aliphatic heterocycles. The molecule has 98 valence electrons. The molecule has 2 rings (SSSR count). The van der Waals surface area contributed by atoms with Gasteiger partial charge >= 0.3 is 0 Å². The fraction of sp³-hybridized carbons (Fsp3) is 0.538. The van der Waals surface area contributed by atoms with E-state index in [4.69, 9.17) is 4.42 Å². The van der Waals surface area contributed by atoms with Crippen LogP contribution in [0.25, 0.3) is 0 Å². The Hall–Kier alpha value is -1.62. The van der Waals surface area contributed by atoms with Crippen LogP contribution in [0.1, 0.15) is 23.9 Å². The Balaban J connectivity index is 1.94. The van der Waals surface area contributed by atoms with E-state index in [1.165, 1.54) is 6.26 Å². The van der Waals surface area contributed by atoms with Crippen molar-refractivity contribution in [2.75, 3.05) is 26.7 Å². The molecule has 1 unspecified atom stereocenters. The van der Waals surface area contributed by atoms with Crippen LogP contribution in [0.2, 0.25) is 0 Å². The van der Waals surface area contributed by atoms with Crippen molar-refractivity contribution in [1.29, 1.82) is 0 Å². The van der Waals surface area contributed by atoms with E-state index in [0.717, 1.165) is 13.0 Å². The first-order valence-corrected chi connectivity index (χ1v) is 6.06. The lowest BCUT2D eigenvalue weighted by Gasteiger charge is -2.22. The van der Waals surface area contributed by atoms with Crippen LogP contribution in [-0.2, 0) is 4.79 Å². The van der Waals surface area contributed by atoms with Crippen molar-refractivity contribution in [2.45, 2.75) is 13.3 Å². The molecule has 0 bridgehead atoms. The Morgan fingerprint density at radius 3 is 2.94 bits per heavy atom. The maximum atomic E-state index is 11.9. The molecule has 1 aromatic heterocycles. The number of rotatable bonds is 4. The molecule has 1 amide bonds. The number of ketones is 1. The third-order valence-electron chi connectivity index (χ3n) is 3.49. The number of hydrogen-bond acceptors (Lipinski definition) is 4. The zero-order chi connectivity index (χ0) is 13.2. The summed E-state index contributed by atoms with van der Waals surface area (Å²) in [6.45, 7) is 3.61. The highest BCUT2D eigenvalue weighted by molar-refractivity contribution is 5.95. The topological polar surface area (TPSA) is 62.6 Å². The molecule has 1 fully saturated rings. The summed E-state index contributed by atoms with van der Waals surface area (Å²) in [5, 5.41) is 2.68. The van der Waals surface area contributed by atoms with E-state index in [1.54, 1.807) is 19.2 Å². The molecule has 1 atom stereocenters. The Bertz CT molecular complexity index is 441. The number of hydrogen-bond donors (Lipinski definition) is 1. The summed E-state index contributed by atoms with van der Waals surface area (Å²) in [7, 11) is 1.64. The van der Waals surface area contributed by atoms with Gasteiger partial charge in [-0.15, -0.1) is 0 Å². The van der Waals surface area contributed by atoms with E-state index in [9.17, 15) is 9.59 Å². The number of nitrogens with one attached hydrogen (secondary N) is 1. The van der Waals surface area contributed by atoms with Crippen LogP contribution in [0, 0.1) is 5.41 Å². The molecule has 2 heterocycles. The van der Waals surface area contributed by atoms with E-state index in [2.05, 4.69) is 5.32 Å². The second-order valence-electron chi connectivity index (χ2n) is 5.00. The number of Topliss-reactive ketones (excluding diaryl/α,β-unsaturated/α-hetero) is 1. The second-order valence-corrected chi connectivity index (χ2v) is 5.00. The van der Waals surface area contributed by atoms with Crippen molar-refractivity contribution in [2.24, 2.45) is 5.41 Å². The summed E-state index contributed by atoms with van der Waals surface area (Å²) in [6, 6.07) is 3.36. The molecule has 0 saturated carbocycles. The number of nitrogens with zero attached hydrogens (tertiary/aromatic N) is 1. The number of furan rings is 1. The van der Waals surface area contributed by atoms with Crippen LogP contribution in [0.3, 0.4) is 0 Å². The van der Waals surface area contributed by atoms with Crippen LogP contribution in [-0.4, -0.2) is 43.3 Å². The lowest BCUT2D eigenvalue weighted by Crippen LogP contribution is -2.40. The van der Waals surface area contributed by atoms with Gasteiger partial charge in [0.05, 0.1) is 18.2 Å². The first kappa shape index (κ1) is 12.8. The van der Waals surface area contributed by atoms with Gasteiger partial charge in [0.1, 0.15) is 0 Å². The normalized spacial score (nSPS) is 24.1. The van der Waals surface area contributed by atoms with Crippen molar-refractivity contribution < 1.29 is 14.0 Å². The SMILES string of the molecule is CNC(=O)C1(C)CCN(CC(=O)c2ccco2)C1. The fourth-order valence-corrected chi connectivity index (χ4v) is 2.40. The summed E-state index contributed by atoms with van der Waals surface area (Å²) in [4.78, 5) is 25.6. The van der Waals surface area contributed by atoms with Gasteiger partial charge in [-0.25, -0.2) is 0 Å². The summed E-state index contributed by atoms with van der Waals surface area (Å²) in [6.07, 6.45) is 2.27. The summed E-state index contributed by atoms with van der Waals surface area (Å²) in [5.74, 6) is 0.375. The molecule has 1 saturated heterocycles. The van der Waals surface area contributed by atoms with Crippen molar-refractivity contribution in [3.8, 4) is 0 Å². The van der Waals surface area contributed by atoms with E-state index < -0.39 is 5.41 Å². The number of amides is 1. The van der Waals surface area contributed by atoms with Gasteiger partial charge in [-0.05, 0) is 32.0 Å². The minimum atomic E-state index is -0.391. The lowest BCUT2D eigenvalue weighted by atomic mass is 9.89. The van der Waals surface area contributed by atoms with E-state index >= 15 is 0 Å². The lowest BCUT2D eigenvalue weighted by molar-refractivity contribution is -0.129. The molecular weight excluding hydrogens is 232 g/mol. The van der Waals surface area contributed by atoms with Crippen molar-refractivity contribution in [3.05, 3.63) is 24.2 Å². The van der Waals surface area contributed by atoms with Gasteiger partial charge in [0, 0.05) is 13.6 Å². The average Bonchev–Trinajstić information content (AvgIpc) is 2.98. The molecular formula is C13H18N2O3. The van der Waals surface area contributed by atoms with Gasteiger partial charge in [0.15, 0.2) is 5.76 Å². The van der Waals surface area contributed by atoms with Crippen LogP contribution < -0.4 is 5.32 Å². The Morgan fingerprint density at radius 1 is 1.56 bits per heavy atom. The van der Waals surface area contributed by atoms with E-state index in [1.807, 2.05) is 11.8 Å². The number of carbonyl (C=O) groups is 2.